The number of oxazole rings is 1. The summed E-state index contributed by atoms with van der Waals surface area (Å²) in [5, 5.41) is 0.704. The summed E-state index contributed by atoms with van der Waals surface area (Å²) < 4.78 is 6.01. The maximum Gasteiger partial charge on any atom is 0.242 e. The largest absolute Gasteiger partial charge is 0.443 e. The molecule has 6 nitrogen and oxygen atoms in total. The van der Waals surface area contributed by atoms with Crippen molar-refractivity contribution in [3.05, 3.63) is 52.7 Å². The Hall–Kier alpha value is -2.34. The Labute approximate surface area is 169 Å². The number of aromatic nitrogens is 1. The fraction of sp³-hybridized carbons (Fsp3) is 0.476. The number of carbonyl (C=O) groups excluding carboxylic acids is 2. The van der Waals surface area contributed by atoms with Gasteiger partial charge in [0.25, 0.3) is 0 Å². The molecule has 0 bridgehead atoms. The van der Waals surface area contributed by atoms with Crippen molar-refractivity contribution in [1.82, 2.24) is 14.8 Å². The number of hydrogen-bond acceptors (Lipinski definition) is 4. The standard InChI is InChI=1S/C21H24ClN3O3/c22-16-8-6-15(7-9-16)12-17-13-23-21(28-17)18-4-1-2-11-25(18)20(27)14-24-10-3-5-19(24)26/h6-9,13,18H,1-5,10-12,14H2/t18-/m1/s1. The van der Waals surface area contributed by atoms with E-state index in [1.165, 1.54) is 0 Å². The van der Waals surface area contributed by atoms with Crippen LogP contribution in [0.1, 0.15) is 55.4 Å². The van der Waals surface area contributed by atoms with E-state index in [-0.39, 0.29) is 24.4 Å². The van der Waals surface area contributed by atoms with Crippen LogP contribution in [0.5, 0.6) is 0 Å². The summed E-state index contributed by atoms with van der Waals surface area (Å²) in [6, 6.07) is 7.49. The predicted molar refractivity (Wildman–Crippen MR) is 105 cm³/mol. The van der Waals surface area contributed by atoms with Crippen molar-refractivity contribution in [2.24, 2.45) is 0 Å². The van der Waals surface area contributed by atoms with E-state index in [2.05, 4.69) is 4.98 Å². The lowest BCUT2D eigenvalue weighted by atomic mass is 10.0. The average molecular weight is 402 g/mol. The summed E-state index contributed by atoms with van der Waals surface area (Å²) in [6.07, 6.45) is 6.59. The third kappa shape index (κ3) is 4.22. The molecule has 2 aromatic rings. The molecule has 2 aliphatic heterocycles. The van der Waals surface area contributed by atoms with Crippen LogP contribution in [0.25, 0.3) is 0 Å². The Morgan fingerprint density at radius 2 is 2.00 bits per heavy atom. The fourth-order valence-electron chi connectivity index (χ4n) is 3.97. The van der Waals surface area contributed by atoms with Crippen molar-refractivity contribution in [1.29, 1.82) is 0 Å². The number of rotatable bonds is 5. The van der Waals surface area contributed by atoms with Gasteiger partial charge >= 0.3 is 0 Å². The number of likely N-dealkylation sites (tertiary alicyclic amines) is 2. The molecule has 0 aliphatic carbocycles. The van der Waals surface area contributed by atoms with Gasteiger partial charge in [0, 0.05) is 31.0 Å². The molecule has 2 saturated heterocycles. The number of benzene rings is 1. The Kier molecular flexibility index (Phi) is 5.67. The zero-order valence-corrected chi connectivity index (χ0v) is 16.5. The molecule has 1 atom stereocenters. The van der Waals surface area contributed by atoms with Crippen LogP contribution in [-0.4, -0.2) is 46.2 Å². The Balaban J connectivity index is 1.45. The highest BCUT2D eigenvalue weighted by molar-refractivity contribution is 6.30. The molecule has 0 N–H and O–H groups in total. The van der Waals surface area contributed by atoms with Crippen molar-refractivity contribution >= 4 is 23.4 Å². The Bertz CT molecular complexity index is 849. The van der Waals surface area contributed by atoms with Crippen LogP contribution in [0.3, 0.4) is 0 Å². The van der Waals surface area contributed by atoms with Gasteiger partial charge < -0.3 is 14.2 Å². The topological polar surface area (TPSA) is 66.7 Å². The molecule has 28 heavy (non-hydrogen) atoms. The van der Waals surface area contributed by atoms with Gasteiger partial charge in [-0.05, 0) is 43.4 Å². The lowest BCUT2D eigenvalue weighted by Gasteiger charge is -2.34. The third-order valence-corrected chi connectivity index (χ3v) is 5.72. The van der Waals surface area contributed by atoms with Gasteiger partial charge in [-0.2, -0.15) is 0 Å². The van der Waals surface area contributed by atoms with E-state index < -0.39 is 0 Å². The second-order valence-corrected chi connectivity index (χ2v) is 7.92. The average Bonchev–Trinajstić information content (AvgIpc) is 3.33. The molecule has 2 aliphatic rings. The Morgan fingerprint density at radius 1 is 1.18 bits per heavy atom. The quantitative estimate of drug-likeness (QED) is 0.767. The first-order valence-electron chi connectivity index (χ1n) is 9.86. The van der Waals surface area contributed by atoms with E-state index in [9.17, 15) is 9.59 Å². The summed E-state index contributed by atoms with van der Waals surface area (Å²) in [4.78, 5) is 32.7. The van der Waals surface area contributed by atoms with Crippen LogP contribution in [0, 0.1) is 0 Å². The number of carbonyl (C=O) groups is 2. The summed E-state index contributed by atoms with van der Waals surface area (Å²) in [5.41, 5.74) is 1.09. The molecule has 1 aromatic heterocycles. The van der Waals surface area contributed by atoms with Crippen molar-refractivity contribution in [3.63, 3.8) is 0 Å². The maximum atomic E-state index is 12.9. The minimum atomic E-state index is -0.155. The molecular formula is C21H24ClN3O3. The van der Waals surface area contributed by atoms with E-state index in [4.69, 9.17) is 16.0 Å². The third-order valence-electron chi connectivity index (χ3n) is 5.47. The van der Waals surface area contributed by atoms with Gasteiger partial charge in [0.15, 0.2) is 0 Å². The molecule has 0 spiro atoms. The minimum Gasteiger partial charge on any atom is -0.443 e. The summed E-state index contributed by atoms with van der Waals surface area (Å²) in [6.45, 7) is 1.52. The van der Waals surface area contributed by atoms with Gasteiger partial charge in [-0.3, -0.25) is 9.59 Å². The van der Waals surface area contributed by atoms with E-state index in [0.29, 0.717) is 36.8 Å². The molecule has 0 saturated carbocycles. The fourth-order valence-corrected chi connectivity index (χ4v) is 4.10. The summed E-state index contributed by atoms with van der Waals surface area (Å²) in [7, 11) is 0. The van der Waals surface area contributed by atoms with E-state index in [1.807, 2.05) is 29.2 Å². The van der Waals surface area contributed by atoms with Crippen LogP contribution in [0.15, 0.2) is 34.9 Å². The van der Waals surface area contributed by atoms with Crippen LogP contribution in [0.4, 0.5) is 0 Å². The highest BCUT2D eigenvalue weighted by Gasteiger charge is 2.33. The van der Waals surface area contributed by atoms with E-state index in [0.717, 1.165) is 37.0 Å². The van der Waals surface area contributed by atoms with E-state index in [1.54, 1.807) is 11.1 Å². The highest BCUT2D eigenvalue weighted by atomic mass is 35.5. The number of halogens is 1. The molecule has 0 radical (unpaired) electrons. The molecule has 7 heteroatoms. The maximum absolute atomic E-state index is 12.9. The van der Waals surface area contributed by atoms with Gasteiger partial charge in [0.05, 0.1) is 12.7 Å². The smallest absolute Gasteiger partial charge is 0.242 e. The SMILES string of the molecule is O=C1CCCN1CC(=O)N1CCCC[C@@H]1c1ncc(Cc2ccc(Cl)cc2)o1. The van der Waals surface area contributed by atoms with Gasteiger partial charge in [-0.1, -0.05) is 23.7 Å². The molecular weight excluding hydrogens is 378 g/mol. The highest BCUT2D eigenvalue weighted by Crippen LogP contribution is 2.31. The van der Waals surface area contributed by atoms with Crippen molar-refractivity contribution in [2.45, 2.75) is 44.6 Å². The number of nitrogens with zero attached hydrogens (tertiary/aromatic N) is 3. The van der Waals surface area contributed by atoms with Gasteiger partial charge in [-0.25, -0.2) is 4.98 Å². The predicted octanol–water partition coefficient (Wildman–Crippen LogP) is 3.59. The molecule has 2 fully saturated rings. The molecule has 3 heterocycles. The monoisotopic (exact) mass is 401 g/mol. The summed E-state index contributed by atoms with van der Waals surface area (Å²) >= 11 is 5.94. The van der Waals surface area contributed by atoms with E-state index >= 15 is 0 Å². The van der Waals surface area contributed by atoms with Crippen molar-refractivity contribution in [2.75, 3.05) is 19.6 Å². The number of piperidine rings is 1. The lowest BCUT2D eigenvalue weighted by molar-refractivity contribution is -0.141. The van der Waals surface area contributed by atoms with Crippen LogP contribution >= 0.6 is 11.6 Å². The molecule has 0 unspecified atom stereocenters. The zero-order valence-electron chi connectivity index (χ0n) is 15.8. The minimum absolute atomic E-state index is 0.0163. The van der Waals surface area contributed by atoms with Crippen molar-refractivity contribution in [3.8, 4) is 0 Å². The first-order valence-corrected chi connectivity index (χ1v) is 10.2. The molecule has 2 amide bonds. The number of hydrogen-bond donors (Lipinski definition) is 0. The normalized spacial score (nSPS) is 20.0. The lowest BCUT2D eigenvalue weighted by Crippen LogP contribution is -2.44. The van der Waals surface area contributed by atoms with Crippen LogP contribution in [-0.2, 0) is 16.0 Å². The van der Waals surface area contributed by atoms with Crippen LogP contribution < -0.4 is 0 Å². The van der Waals surface area contributed by atoms with Crippen LogP contribution in [0.2, 0.25) is 5.02 Å². The van der Waals surface area contributed by atoms with Gasteiger partial charge in [0.2, 0.25) is 17.7 Å². The van der Waals surface area contributed by atoms with Gasteiger partial charge in [-0.15, -0.1) is 0 Å². The molecule has 1 aromatic carbocycles. The second kappa shape index (κ2) is 8.35. The first-order chi connectivity index (χ1) is 13.6. The van der Waals surface area contributed by atoms with Crippen molar-refractivity contribution < 1.29 is 14.0 Å². The van der Waals surface area contributed by atoms with Gasteiger partial charge in [0.1, 0.15) is 11.8 Å². The zero-order chi connectivity index (χ0) is 19.5. The summed E-state index contributed by atoms with van der Waals surface area (Å²) in [5.74, 6) is 1.41. The number of amides is 2. The molecule has 148 valence electrons. The Morgan fingerprint density at radius 3 is 2.75 bits per heavy atom. The molecule has 4 rings (SSSR count). The first kappa shape index (κ1) is 19.0. The second-order valence-electron chi connectivity index (χ2n) is 7.49.